The summed E-state index contributed by atoms with van der Waals surface area (Å²) >= 11 is 0. The molecule has 1 aromatic carbocycles. The van der Waals surface area contributed by atoms with Crippen LogP contribution in [0.1, 0.15) is 11.1 Å². The van der Waals surface area contributed by atoms with Gasteiger partial charge in [0.2, 0.25) is 0 Å². The van der Waals surface area contributed by atoms with Gasteiger partial charge in [-0.05, 0) is 17.7 Å². The molecule has 1 heterocycles. The van der Waals surface area contributed by atoms with Crippen molar-refractivity contribution < 1.29 is 18.3 Å². The highest BCUT2D eigenvalue weighted by molar-refractivity contribution is 5.38. The van der Waals surface area contributed by atoms with Crippen molar-refractivity contribution in [2.24, 2.45) is 0 Å². The van der Waals surface area contributed by atoms with Gasteiger partial charge in [0.25, 0.3) is 0 Å². The van der Waals surface area contributed by atoms with Crippen LogP contribution in [-0.4, -0.2) is 20.1 Å². The predicted molar refractivity (Wildman–Crippen MR) is 52.2 cm³/mol. The van der Waals surface area contributed by atoms with Gasteiger partial charge in [0.05, 0.1) is 24.5 Å². The molecule has 2 aromatic rings. The monoisotopic (exact) mass is 243 g/mol. The Morgan fingerprint density at radius 2 is 1.82 bits per heavy atom. The maximum atomic E-state index is 12.5. The zero-order valence-electron chi connectivity index (χ0n) is 8.52. The van der Waals surface area contributed by atoms with E-state index >= 15 is 0 Å². The van der Waals surface area contributed by atoms with E-state index in [1.165, 1.54) is 23.3 Å². The van der Waals surface area contributed by atoms with E-state index < -0.39 is 17.5 Å². The van der Waals surface area contributed by atoms with Gasteiger partial charge >= 0.3 is 6.18 Å². The molecule has 0 bridgehead atoms. The molecule has 0 atom stereocenters. The van der Waals surface area contributed by atoms with Crippen molar-refractivity contribution in [2.45, 2.75) is 12.7 Å². The number of aromatic nitrogens is 3. The van der Waals surface area contributed by atoms with Crippen LogP contribution < -0.4 is 0 Å². The van der Waals surface area contributed by atoms with E-state index in [9.17, 15) is 13.2 Å². The molecule has 1 aromatic heterocycles. The van der Waals surface area contributed by atoms with Crippen LogP contribution in [0.25, 0.3) is 0 Å². The van der Waals surface area contributed by atoms with Gasteiger partial charge in [-0.1, -0.05) is 6.07 Å². The normalized spacial score (nSPS) is 11.7. The third-order valence-electron chi connectivity index (χ3n) is 2.16. The Kier molecular flexibility index (Phi) is 2.74. The Morgan fingerprint density at radius 1 is 1.18 bits per heavy atom. The lowest BCUT2D eigenvalue weighted by Gasteiger charge is -2.10. The summed E-state index contributed by atoms with van der Waals surface area (Å²) in [6.07, 6.45) is -1.70. The lowest BCUT2D eigenvalue weighted by atomic mass is 10.1. The summed E-state index contributed by atoms with van der Waals surface area (Å²) in [5, 5.41) is 16.7. The summed E-state index contributed by atoms with van der Waals surface area (Å²) in [6, 6.07) is 3.30. The number of phenolic OH excluding ortho intramolecular Hbond substituents is 1. The molecule has 1 N–H and O–H groups in total. The second kappa shape index (κ2) is 4.08. The Labute approximate surface area is 94.3 Å². The molecule has 0 aliphatic carbocycles. The van der Waals surface area contributed by atoms with Crippen molar-refractivity contribution in [3.05, 3.63) is 41.7 Å². The van der Waals surface area contributed by atoms with Crippen LogP contribution in [-0.2, 0) is 12.7 Å². The number of rotatable bonds is 2. The average Bonchev–Trinajstić information content (AvgIpc) is 2.72. The molecule has 0 unspecified atom stereocenters. The van der Waals surface area contributed by atoms with Gasteiger partial charge in [0, 0.05) is 0 Å². The molecule has 0 aliphatic rings. The van der Waals surface area contributed by atoms with Crippen LogP contribution >= 0.6 is 0 Å². The van der Waals surface area contributed by atoms with Crippen LogP contribution in [0.4, 0.5) is 13.2 Å². The Bertz CT molecular complexity index is 508. The summed E-state index contributed by atoms with van der Waals surface area (Å²) in [5.74, 6) is -0.783. The first-order valence-electron chi connectivity index (χ1n) is 4.70. The SMILES string of the molecule is Oc1ccc(Cn2nccn2)cc1C(F)(F)F. The fourth-order valence-electron chi connectivity index (χ4n) is 1.40. The van der Waals surface area contributed by atoms with Gasteiger partial charge in [-0.15, -0.1) is 0 Å². The maximum Gasteiger partial charge on any atom is 0.419 e. The summed E-state index contributed by atoms with van der Waals surface area (Å²) < 4.78 is 37.5. The quantitative estimate of drug-likeness (QED) is 0.878. The molecule has 4 nitrogen and oxygen atoms in total. The molecule has 17 heavy (non-hydrogen) atoms. The van der Waals surface area contributed by atoms with E-state index in [-0.39, 0.29) is 6.54 Å². The van der Waals surface area contributed by atoms with Gasteiger partial charge < -0.3 is 5.11 Å². The second-order valence-corrected chi connectivity index (χ2v) is 3.41. The van der Waals surface area contributed by atoms with Crippen LogP contribution in [0.3, 0.4) is 0 Å². The van der Waals surface area contributed by atoms with E-state index in [0.717, 1.165) is 12.1 Å². The standard InChI is InChI=1S/C10H8F3N3O/c11-10(12,13)8-5-7(1-2-9(8)17)6-16-14-3-4-15-16/h1-5,17H,6H2. The highest BCUT2D eigenvalue weighted by atomic mass is 19.4. The molecule has 2 rings (SSSR count). The lowest BCUT2D eigenvalue weighted by molar-refractivity contribution is -0.138. The summed E-state index contributed by atoms with van der Waals surface area (Å²) in [6.45, 7) is 0.121. The van der Waals surface area contributed by atoms with Gasteiger partial charge in [0.15, 0.2) is 0 Å². The third-order valence-corrected chi connectivity index (χ3v) is 2.16. The Hall–Kier alpha value is -2.05. The van der Waals surface area contributed by atoms with E-state index in [4.69, 9.17) is 5.11 Å². The van der Waals surface area contributed by atoms with Gasteiger partial charge in [-0.25, -0.2) is 0 Å². The number of hydrogen-bond acceptors (Lipinski definition) is 3. The smallest absolute Gasteiger partial charge is 0.419 e. The van der Waals surface area contributed by atoms with Crippen LogP contribution in [0.2, 0.25) is 0 Å². The van der Waals surface area contributed by atoms with Crippen molar-refractivity contribution in [1.82, 2.24) is 15.0 Å². The lowest BCUT2D eigenvalue weighted by Crippen LogP contribution is -2.08. The van der Waals surface area contributed by atoms with Crippen LogP contribution in [0, 0.1) is 0 Å². The average molecular weight is 243 g/mol. The minimum Gasteiger partial charge on any atom is -0.507 e. The molecule has 7 heteroatoms. The van der Waals surface area contributed by atoms with Crippen molar-refractivity contribution in [3.8, 4) is 5.75 Å². The Balaban J connectivity index is 2.31. The number of alkyl halides is 3. The predicted octanol–water partition coefficient (Wildman–Crippen LogP) is 2.05. The number of benzene rings is 1. The second-order valence-electron chi connectivity index (χ2n) is 3.41. The van der Waals surface area contributed by atoms with Gasteiger partial charge in [-0.3, -0.25) is 0 Å². The molecular formula is C10H8F3N3O. The molecule has 0 radical (unpaired) electrons. The number of nitrogens with zero attached hydrogens (tertiary/aromatic N) is 3. The van der Waals surface area contributed by atoms with Crippen LogP contribution in [0.15, 0.2) is 30.6 Å². The molecule has 0 aliphatic heterocycles. The minimum absolute atomic E-state index is 0.121. The molecular weight excluding hydrogens is 235 g/mol. The summed E-state index contributed by atoms with van der Waals surface area (Å²) in [5.41, 5.74) is -0.687. The summed E-state index contributed by atoms with van der Waals surface area (Å²) in [4.78, 5) is 1.26. The molecule has 0 amide bonds. The molecule has 0 fully saturated rings. The Morgan fingerprint density at radius 3 is 2.41 bits per heavy atom. The van der Waals surface area contributed by atoms with Gasteiger partial charge in [-0.2, -0.15) is 28.2 Å². The van der Waals surface area contributed by atoms with Crippen molar-refractivity contribution >= 4 is 0 Å². The van der Waals surface area contributed by atoms with Gasteiger partial charge in [0.1, 0.15) is 5.75 Å². The molecule has 0 saturated carbocycles. The molecule has 0 saturated heterocycles. The largest absolute Gasteiger partial charge is 0.507 e. The van der Waals surface area contributed by atoms with E-state index in [1.807, 2.05) is 0 Å². The van der Waals surface area contributed by atoms with Crippen LogP contribution in [0.5, 0.6) is 5.75 Å². The number of halogens is 3. The van der Waals surface area contributed by atoms with E-state index in [0.29, 0.717) is 5.56 Å². The van der Waals surface area contributed by atoms with Crippen molar-refractivity contribution in [3.63, 3.8) is 0 Å². The molecule has 90 valence electrons. The number of hydrogen-bond donors (Lipinski definition) is 1. The van der Waals surface area contributed by atoms with E-state index in [2.05, 4.69) is 10.2 Å². The van der Waals surface area contributed by atoms with Crippen molar-refractivity contribution in [1.29, 1.82) is 0 Å². The first kappa shape index (κ1) is 11.4. The highest BCUT2D eigenvalue weighted by Gasteiger charge is 2.33. The first-order valence-corrected chi connectivity index (χ1v) is 4.70. The fraction of sp³-hybridized carbons (Fsp3) is 0.200. The minimum atomic E-state index is -4.57. The fourth-order valence-corrected chi connectivity index (χ4v) is 1.40. The number of aromatic hydroxyl groups is 1. The first-order chi connectivity index (χ1) is 7.97. The topological polar surface area (TPSA) is 50.9 Å². The zero-order chi connectivity index (χ0) is 12.5. The zero-order valence-corrected chi connectivity index (χ0v) is 8.52. The summed E-state index contributed by atoms with van der Waals surface area (Å²) in [7, 11) is 0. The molecule has 0 spiro atoms. The highest BCUT2D eigenvalue weighted by Crippen LogP contribution is 2.36. The maximum absolute atomic E-state index is 12.5. The van der Waals surface area contributed by atoms with E-state index in [1.54, 1.807) is 0 Å². The number of phenols is 1. The third kappa shape index (κ3) is 2.55. The van der Waals surface area contributed by atoms with Crippen molar-refractivity contribution in [2.75, 3.05) is 0 Å².